The van der Waals surface area contributed by atoms with Crippen molar-refractivity contribution < 1.29 is 8.42 Å². The highest BCUT2D eigenvalue weighted by Crippen LogP contribution is 2.16. The van der Waals surface area contributed by atoms with Crippen molar-refractivity contribution in [1.82, 2.24) is 9.62 Å². The van der Waals surface area contributed by atoms with E-state index in [4.69, 9.17) is 0 Å². The van der Waals surface area contributed by atoms with Crippen molar-refractivity contribution >= 4 is 10.0 Å². The van der Waals surface area contributed by atoms with Crippen molar-refractivity contribution in [2.45, 2.75) is 31.4 Å². The first-order chi connectivity index (χ1) is 6.59. The second-order valence-corrected chi connectivity index (χ2v) is 6.22. The maximum atomic E-state index is 12.0. The molecule has 1 unspecified atom stereocenters. The van der Waals surface area contributed by atoms with Crippen LogP contribution >= 0.6 is 0 Å². The Morgan fingerprint density at radius 3 is 2.36 bits per heavy atom. The van der Waals surface area contributed by atoms with Crippen LogP contribution in [-0.4, -0.2) is 44.7 Å². The summed E-state index contributed by atoms with van der Waals surface area (Å²) in [5.41, 5.74) is 0. The van der Waals surface area contributed by atoms with Crippen LogP contribution in [0.15, 0.2) is 0 Å². The van der Waals surface area contributed by atoms with Gasteiger partial charge < -0.3 is 5.32 Å². The molecule has 0 bridgehead atoms. The minimum Gasteiger partial charge on any atom is -0.318 e. The Morgan fingerprint density at radius 1 is 1.29 bits per heavy atom. The van der Waals surface area contributed by atoms with E-state index in [0.29, 0.717) is 19.6 Å². The van der Waals surface area contributed by atoms with Crippen LogP contribution in [0, 0.1) is 0 Å². The molecule has 1 heterocycles. The first-order valence-electron chi connectivity index (χ1n) is 5.22. The van der Waals surface area contributed by atoms with Gasteiger partial charge in [0.15, 0.2) is 0 Å². The molecular weight excluding hydrogens is 200 g/mol. The van der Waals surface area contributed by atoms with E-state index in [2.05, 4.69) is 5.32 Å². The zero-order chi connectivity index (χ0) is 10.6. The molecule has 1 N–H and O–H groups in total. The van der Waals surface area contributed by atoms with Gasteiger partial charge >= 0.3 is 0 Å². The van der Waals surface area contributed by atoms with Crippen LogP contribution in [0.25, 0.3) is 0 Å². The fraction of sp³-hybridized carbons (Fsp3) is 1.00. The zero-order valence-electron chi connectivity index (χ0n) is 8.99. The predicted octanol–water partition coefficient (Wildman–Crippen LogP) is 0.410. The van der Waals surface area contributed by atoms with Crippen molar-refractivity contribution in [3.8, 4) is 0 Å². The summed E-state index contributed by atoms with van der Waals surface area (Å²) in [5, 5.41) is 2.59. The molecule has 0 aromatic carbocycles. The van der Waals surface area contributed by atoms with Crippen molar-refractivity contribution in [3.05, 3.63) is 0 Å². The largest absolute Gasteiger partial charge is 0.318 e. The van der Waals surface area contributed by atoms with Gasteiger partial charge in [-0.15, -0.1) is 0 Å². The van der Waals surface area contributed by atoms with Gasteiger partial charge in [0.2, 0.25) is 10.0 Å². The minimum absolute atomic E-state index is 0.314. The molecule has 1 fully saturated rings. The van der Waals surface area contributed by atoms with E-state index in [1.165, 1.54) is 0 Å². The first-order valence-corrected chi connectivity index (χ1v) is 6.73. The van der Waals surface area contributed by atoms with E-state index in [1.807, 2.05) is 0 Å². The van der Waals surface area contributed by atoms with Gasteiger partial charge in [-0.3, -0.25) is 0 Å². The number of hydrogen-bond acceptors (Lipinski definition) is 3. The van der Waals surface area contributed by atoms with Gasteiger partial charge in [0.25, 0.3) is 0 Å². The molecule has 1 saturated heterocycles. The van der Waals surface area contributed by atoms with Gasteiger partial charge in [-0.1, -0.05) is 6.42 Å². The lowest BCUT2D eigenvalue weighted by atomic mass is 10.2. The van der Waals surface area contributed by atoms with Gasteiger partial charge in [0.1, 0.15) is 0 Å². The molecule has 4 nitrogen and oxygen atoms in total. The van der Waals surface area contributed by atoms with Crippen LogP contribution in [0.5, 0.6) is 0 Å². The predicted molar refractivity (Wildman–Crippen MR) is 57.7 cm³/mol. The number of nitrogens with one attached hydrogen (secondary N) is 1. The molecule has 0 aromatic heterocycles. The summed E-state index contributed by atoms with van der Waals surface area (Å²) in [6.07, 6.45) is 3.17. The summed E-state index contributed by atoms with van der Waals surface area (Å²) in [6, 6.07) is 0. The molecule has 14 heavy (non-hydrogen) atoms. The zero-order valence-corrected chi connectivity index (χ0v) is 9.81. The van der Waals surface area contributed by atoms with Gasteiger partial charge in [0.05, 0.1) is 5.25 Å². The van der Waals surface area contributed by atoms with Crippen LogP contribution in [0.1, 0.15) is 26.2 Å². The molecule has 0 aliphatic carbocycles. The van der Waals surface area contributed by atoms with Crippen LogP contribution < -0.4 is 5.32 Å². The van der Waals surface area contributed by atoms with E-state index >= 15 is 0 Å². The molecule has 0 amide bonds. The first kappa shape index (κ1) is 11.9. The number of piperidine rings is 1. The Morgan fingerprint density at radius 2 is 1.86 bits per heavy atom. The highest BCUT2D eigenvalue weighted by Gasteiger charge is 2.28. The van der Waals surface area contributed by atoms with Crippen LogP contribution in [0.3, 0.4) is 0 Å². The lowest BCUT2D eigenvalue weighted by Gasteiger charge is -2.28. The summed E-state index contributed by atoms with van der Waals surface area (Å²) >= 11 is 0. The highest BCUT2D eigenvalue weighted by molar-refractivity contribution is 7.89. The number of rotatable bonds is 4. The Bertz CT molecular complexity index is 258. The highest BCUT2D eigenvalue weighted by atomic mass is 32.2. The van der Waals surface area contributed by atoms with Crippen molar-refractivity contribution in [2.75, 3.05) is 26.7 Å². The average molecular weight is 220 g/mol. The molecule has 5 heteroatoms. The Labute approximate surface area is 86.7 Å². The standard InChI is InChI=1S/C9H20N2O2S/c1-9(8-10-2)14(12,13)11-6-4-3-5-7-11/h9-10H,3-8H2,1-2H3. The van der Waals surface area contributed by atoms with E-state index in [1.54, 1.807) is 18.3 Å². The number of nitrogens with zero attached hydrogens (tertiary/aromatic N) is 1. The number of hydrogen-bond donors (Lipinski definition) is 1. The smallest absolute Gasteiger partial charge is 0.217 e. The van der Waals surface area contributed by atoms with E-state index in [9.17, 15) is 8.42 Å². The van der Waals surface area contributed by atoms with Crippen molar-refractivity contribution in [1.29, 1.82) is 0 Å². The van der Waals surface area contributed by atoms with E-state index in [-0.39, 0.29) is 5.25 Å². The lowest BCUT2D eigenvalue weighted by Crippen LogP contribution is -2.43. The molecule has 0 saturated carbocycles. The Kier molecular flexibility index (Phi) is 4.34. The van der Waals surface area contributed by atoms with Gasteiger partial charge in [-0.2, -0.15) is 0 Å². The minimum atomic E-state index is -3.05. The van der Waals surface area contributed by atoms with Crippen molar-refractivity contribution in [2.24, 2.45) is 0 Å². The van der Waals surface area contributed by atoms with Crippen LogP contribution in [0.2, 0.25) is 0 Å². The third-order valence-electron chi connectivity index (χ3n) is 2.67. The monoisotopic (exact) mass is 220 g/mol. The second-order valence-electron chi connectivity index (χ2n) is 3.87. The molecule has 0 aromatic rings. The van der Waals surface area contributed by atoms with Gasteiger partial charge in [0, 0.05) is 19.6 Å². The maximum absolute atomic E-state index is 12.0. The molecule has 0 spiro atoms. The Hall–Kier alpha value is -0.130. The summed E-state index contributed by atoms with van der Waals surface area (Å²) in [4.78, 5) is 0. The van der Waals surface area contributed by atoms with Crippen molar-refractivity contribution in [3.63, 3.8) is 0 Å². The van der Waals surface area contributed by atoms with Gasteiger partial charge in [-0.05, 0) is 26.8 Å². The normalized spacial score (nSPS) is 22.1. The van der Waals surface area contributed by atoms with E-state index in [0.717, 1.165) is 19.3 Å². The average Bonchev–Trinajstić information content (AvgIpc) is 2.19. The molecule has 1 atom stereocenters. The van der Waals surface area contributed by atoms with Gasteiger partial charge in [-0.25, -0.2) is 12.7 Å². The van der Waals surface area contributed by atoms with Crippen LogP contribution in [-0.2, 0) is 10.0 Å². The summed E-state index contributed by atoms with van der Waals surface area (Å²) in [6.45, 7) is 3.70. The molecule has 1 aliphatic rings. The topological polar surface area (TPSA) is 49.4 Å². The molecule has 1 rings (SSSR count). The third kappa shape index (κ3) is 2.68. The summed E-state index contributed by atoms with van der Waals surface area (Å²) < 4.78 is 25.6. The lowest BCUT2D eigenvalue weighted by molar-refractivity contribution is 0.342. The Balaban J connectivity index is 2.62. The van der Waals surface area contributed by atoms with Crippen LogP contribution in [0.4, 0.5) is 0 Å². The molecule has 1 aliphatic heterocycles. The quantitative estimate of drug-likeness (QED) is 0.746. The fourth-order valence-corrected chi connectivity index (χ4v) is 3.42. The summed E-state index contributed by atoms with van der Waals surface area (Å²) in [7, 11) is -1.27. The number of sulfonamides is 1. The molecular formula is C9H20N2O2S. The molecule has 0 radical (unpaired) electrons. The maximum Gasteiger partial charge on any atom is 0.217 e. The third-order valence-corrected chi connectivity index (χ3v) is 4.94. The second kappa shape index (κ2) is 5.09. The van der Waals surface area contributed by atoms with E-state index < -0.39 is 10.0 Å². The SMILES string of the molecule is CNCC(C)S(=O)(=O)N1CCCCC1. The molecule has 84 valence electrons. The fourth-order valence-electron chi connectivity index (χ4n) is 1.77. The summed E-state index contributed by atoms with van der Waals surface area (Å²) in [5.74, 6) is 0.